The normalized spacial score (nSPS) is 18.8. The third kappa shape index (κ3) is 4.68. The fourth-order valence-electron chi connectivity index (χ4n) is 4.65. The van der Waals surface area contributed by atoms with Crippen molar-refractivity contribution in [2.45, 2.75) is 25.2 Å². The molecule has 1 fully saturated rings. The predicted molar refractivity (Wildman–Crippen MR) is 130 cm³/mol. The number of nitrogens with zero attached hydrogens (tertiary/aromatic N) is 1. The van der Waals surface area contributed by atoms with Crippen molar-refractivity contribution >= 4 is 29.5 Å². The van der Waals surface area contributed by atoms with Gasteiger partial charge >= 0.3 is 0 Å². The maximum Gasteiger partial charge on any atom is 0.123 e. The van der Waals surface area contributed by atoms with Gasteiger partial charge in [-0.3, -0.25) is 0 Å². The molecule has 3 aromatic rings. The summed E-state index contributed by atoms with van der Waals surface area (Å²) >= 11 is 1.81. The lowest BCUT2D eigenvalue weighted by Crippen LogP contribution is -2.32. The number of hydrogen-bond acceptors (Lipinski definition) is 4. The fraction of sp³-hybridized carbons (Fsp3) is 0.269. The number of nitrogens with one attached hydrogen (secondary N) is 2. The molecule has 1 atom stereocenters. The lowest BCUT2D eigenvalue weighted by atomic mass is 9.72. The summed E-state index contributed by atoms with van der Waals surface area (Å²) in [7, 11) is 0. The summed E-state index contributed by atoms with van der Waals surface area (Å²) in [4.78, 5) is 0. The number of anilines is 2. The van der Waals surface area contributed by atoms with Crippen molar-refractivity contribution in [3.05, 3.63) is 94.8 Å². The highest BCUT2D eigenvalue weighted by Crippen LogP contribution is 2.42. The van der Waals surface area contributed by atoms with Crippen LogP contribution in [0.1, 0.15) is 28.7 Å². The van der Waals surface area contributed by atoms with Crippen molar-refractivity contribution in [2.24, 2.45) is 0 Å². The van der Waals surface area contributed by atoms with Gasteiger partial charge < -0.3 is 10.7 Å². The molecule has 1 saturated heterocycles. The zero-order chi connectivity index (χ0) is 21.8. The van der Waals surface area contributed by atoms with Crippen LogP contribution in [0.3, 0.4) is 0 Å². The second-order valence-corrected chi connectivity index (χ2v) is 9.15. The van der Waals surface area contributed by atoms with Crippen LogP contribution < -0.4 is 5.32 Å². The van der Waals surface area contributed by atoms with E-state index in [0.29, 0.717) is 0 Å². The molecule has 1 heterocycles. The molecular weight excluding hydrogens is 405 g/mol. The van der Waals surface area contributed by atoms with Crippen molar-refractivity contribution in [1.29, 1.82) is 5.41 Å². The van der Waals surface area contributed by atoms with E-state index in [4.69, 9.17) is 5.41 Å². The van der Waals surface area contributed by atoms with Crippen LogP contribution in [0.4, 0.5) is 15.8 Å². The smallest absolute Gasteiger partial charge is 0.123 e. The molecule has 3 nitrogen and oxygen atoms in total. The Morgan fingerprint density at radius 3 is 2.52 bits per heavy atom. The summed E-state index contributed by atoms with van der Waals surface area (Å²) in [6.45, 7) is 4.21. The first-order valence-corrected chi connectivity index (χ1v) is 11.7. The number of hydrogen-bond donors (Lipinski definition) is 2. The van der Waals surface area contributed by atoms with Gasteiger partial charge in [0.15, 0.2) is 0 Å². The molecule has 0 saturated carbocycles. The molecule has 0 radical (unpaired) electrons. The first-order chi connectivity index (χ1) is 15.0. The fourth-order valence-corrected chi connectivity index (χ4v) is 5.30. The van der Waals surface area contributed by atoms with Gasteiger partial charge in [-0.2, -0.15) is 0 Å². The van der Waals surface area contributed by atoms with Crippen molar-refractivity contribution in [3.63, 3.8) is 0 Å². The summed E-state index contributed by atoms with van der Waals surface area (Å²) in [5.41, 5.74) is 6.42. The zero-order valence-corrected chi connectivity index (χ0v) is 18.8. The van der Waals surface area contributed by atoms with E-state index >= 15 is 0 Å². The van der Waals surface area contributed by atoms with Crippen LogP contribution in [0.15, 0.2) is 66.7 Å². The number of rotatable bonds is 7. The molecule has 4 rings (SSSR count). The highest BCUT2D eigenvalue weighted by atomic mass is 32.2. The summed E-state index contributed by atoms with van der Waals surface area (Å²) in [5, 5.41) is 11.4. The minimum atomic E-state index is -0.258. The summed E-state index contributed by atoms with van der Waals surface area (Å²) in [6.07, 6.45) is 5.62. The predicted octanol–water partition coefficient (Wildman–Crippen LogP) is 6.34. The molecule has 1 unspecified atom stereocenters. The van der Waals surface area contributed by atoms with E-state index in [2.05, 4.69) is 65.3 Å². The molecule has 1 aliphatic heterocycles. The van der Waals surface area contributed by atoms with Crippen molar-refractivity contribution in [2.75, 3.05) is 24.7 Å². The molecule has 31 heavy (non-hydrogen) atoms. The maximum atomic E-state index is 13.3. The summed E-state index contributed by atoms with van der Waals surface area (Å²) < 4.78 is 15.7. The highest BCUT2D eigenvalue weighted by molar-refractivity contribution is 7.96. The molecule has 0 bridgehead atoms. The van der Waals surface area contributed by atoms with Crippen LogP contribution in [0, 0.1) is 18.2 Å². The van der Waals surface area contributed by atoms with Gasteiger partial charge in [0.2, 0.25) is 0 Å². The minimum Gasteiger partial charge on any atom is -0.355 e. The van der Waals surface area contributed by atoms with Crippen LogP contribution in [-0.4, -0.2) is 29.9 Å². The molecule has 0 amide bonds. The molecule has 5 heteroatoms. The first kappa shape index (κ1) is 21.6. The van der Waals surface area contributed by atoms with E-state index in [-0.39, 0.29) is 11.2 Å². The Labute approximate surface area is 188 Å². The molecular formula is C26H28FN3S. The topological polar surface area (TPSA) is 39.1 Å². The summed E-state index contributed by atoms with van der Waals surface area (Å²) in [5.74, 6) is -0.258. The first-order valence-electron chi connectivity index (χ1n) is 10.5. The zero-order valence-electron chi connectivity index (χ0n) is 18.0. The Bertz CT molecular complexity index is 1050. The average molecular weight is 434 g/mol. The number of aryl methyl sites for hydroxylation is 1. The van der Waals surface area contributed by atoms with Gasteiger partial charge in [-0.15, -0.1) is 0 Å². The molecule has 160 valence electrons. The van der Waals surface area contributed by atoms with Crippen LogP contribution in [-0.2, 0) is 11.8 Å². The van der Waals surface area contributed by atoms with Crippen molar-refractivity contribution in [1.82, 2.24) is 4.31 Å². The average Bonchev–Trinajstić information content (AvgIpc) is 3.20. The van der Waals surface area contributed by atoms with Crippen LogP contribution in [0.5, 0.6) is 0 Å². The van der Waals surface area contributed by atoms with E-state index < -0.39 is 0 Å². The van der Waals surface area contributed by atoms with Crippen LogP contribution in [0.25, 0.3) is 0 Å². The lowest BCUT2D eigenvalue weighted by molar-refractivity contribution is 0.437. The Hall–Kier alpha value is -2.63. The number of benzene rings is 3. The molecule has 2 N–H and O–H groups in total. The molecule has 0 spiro atoms. The van der Waals surface area contributed by atoms with Crippen molar-refractivity contribution in [3.8, 4) is 0 Å². The molecule has 1 aliphatic rings. The Morgan fingerprint density at radius 1 is 1.13 bits per heavy atom. The third-order valence-electron chi connectivity index (χ3n) is 6.21. The van der Waals surface area contributed by atoms with Gasteiger partial charge in [0, 0.05) is 41.7 Å². The van der Waals surface area contributed by atoms with E-state index in [1.54, 1.807) is 12.1 Å². The largest absolute Gasteiger partial charge is 0.355 e. The number of halogens is 1. The van der Waals surface area contributed by atoms with Crippen LogP contribution >= 0.6 is 11.9 Å². The lowest BCUT2D eigenvalue weighted by Gasteiger charge is -2.32. The summed E-state index contributed by atoms with van der Waals surface area (Å²) in [6, 6.07) is 21.3. The molecule has 0 aromatic heterocycles. The van der Waals surface area contributed by atoms with E-state index in [1.165, 1.54) is 35.0 Å². The van der Waals surface area contributed by atoms with E-state index in [9.17, 15) is 4.39 Å². The van der Waals surface area contributed by atoms with E-state index in [1.807, 2.05) is 11.9 Å². The Morgan fingerprint density at radius 2 is 1.87 bits per heavy atom. The quantitative estimate of drug-likeness (QED) is 0.337. The molecule has 3 aromatic carbocycles. The van der Waals surface area contributed by atoms with Crippen LogP contribution in [0.2, 0.25) is 0 Å². The van der Waals surface area contributed by atoms with Gasteiger partial charge in [0.05, 0.1) is 0 Å². The van der Waals surface area contributed by atoms with Crippen molar-refractivity contribution < 1.29 is 4.39 Å². The third-order valence-corrected chi connectivity index (χ3v) is 7.04. The van der Waals surface area contributed by atoms with Gasteiger partial charge in [-0.05, 0) is 79.1 Å². The standard InChI is InChI=1S/C26H28FN3S/c1-19-14-25(29-23-10-8-22(27)9-11-23)21(17-28)15-24(19)26(12-13-30(18-26)31-2)16-20-6-4-3-5-7-20/h3-11,14-15,17,28-29H,12-13,16,18H2,1-2H3. The highest BCUT2D eigenvalue weighted by Gasteiger charge is 2.40. The van der Waals surface area contributed by atoms with Gasteiger partial charge in [0.1, 0.15) is 5.82 Å². The Balaban J connectivity index is 1.73. The second-order valence-electron chi connectivity index (χ2n) is 8.27. The monoisotopic (exact) mass is 433 g/mol. The second kappa shape index (κ2) is 9.25. The van der Waals surface area contributed by atoms with Gasteiger partial charge in [0.25, 0.3) is 0 Å². The Kier molecular flexibility index (Phi) is 6.44. The minimum absolute atomic E-state index is 0.0145. The molecule has 0 aliphatic carbocycles. The SMILES string of the molecule is CSN1CCC(Cc2ccccc2)(c2cc(C=N)c(Nc3ccc(F)cc3)cc2C)C1. The van der Waals surface area contributed by atoms with Gasteiger partial charge in [-0.1, -0.05) is 42.3 Å². The maximum absolute atomic E-state index is 13.3. The van der Waals surface area contributed by atoms with E-state index in [0.717, 1.165) is 42.9 Å². The van der Waals surface area contributed by atoms with Gasteiger partial charge in [-0.25, -0.2) is 8.70 Å².